The molecule has 12 atom stereocenters. The molecule has 2 aliphatic rings. The van der Waals surface area contributed by atoms with Gasteiger partial charge < -0.3 is 65.1 Å². The zero-order valence-electron chi connectivity index (χ0n) is 51.1. The molecular formula is C69H115NO13. The van der Waals surface area contributed by atoms with Crippen molar-refractivity contribution in [1.82, 2.24) is 5.32 Å². The summed E-state index contributed by atoms with van der Waals surface area (Å²) >= 11 is 0. The number of unbranched alkanes of at least 4 members (excludes halogenated alkanes) is 19. The van der Waals surface area contributed by atoms with Crippen LogP contribution < -0.4 is 5.32 Å². The van der Waals surface area contributed by atoms with Crippen molar-refractivity contribution < 1.29 is 64.6 Å². The van der Waals surface area contributed by atoms with Gasteiger partial charge in [-0.1, -0.05) is 232 Å². The van der Waals surface area contributed by atoms with E-state index in [1.165, 1.54) is 89.9 Å². The van der Waals surface area contributed by atoms with Crippen LogP contribution in [0.2, 0.25) is 0 Å². The number of amides is 1. The van der Waals surface area contributed by atoms with Crippen molar-refractivity contribution in [3.63, 3.8) is 0 Å². The maximum absolute atomic E-state index is 13.3. The van der Waals surface area contributed by atoms with E-state index in [0.717, 1.165) is 89.9 Å². The molecule has 2 rings (SSSR count). The van der Waals surface area contributed by atoms with E-state index in [-0.39, 0.29) is 18.9 Å². The molecular weight excluding hydrogens is 1050 g/mol. The highest BCUT2D eigenvalue weighted by Crippen LogP contribution is 2.30. The molecule has 0 aliphatic carbocycles. The molecule has 0 spiro atoms. The van der Waals surface area contributed by atoms with Gasteiger partial charge in [-0.25, -0.2) is 0 Å². The first-order valence-electron chi connectivity index (χ1n) is 32.3. The molecule has 83 heavy (non-hydrogen) atoms. The van der Waals surface area contributed by atoms with Crippen LogP contribution in [0.15, 0.2) is 122 Å². The highest BCUT2D eigenvalue weighted by atomic mass is 16.7. The summed E-state index contributed by atoms with van der Waals surface area (Å²) in [7, 11) is 0. The average molecular weight is 1170 g/mol. The van der Waals surface area contributed by atoms with Crippen molar-refractivity contribution in [3.05, 3.63) is 122 Å². The van der Waals surface area contributed by atoms with Crippen molar-refractivity contribution in [1.29, 1.82) is 0 Å². The first-order chi connectivity index (χ1) is 40.6. The summed E-state index contributed by atoms with van der Waals surface area (Å²) < 4.78 is 22.7. The van der Waals surface area contributed by atoms with Gasteiger partial charge in [-0.2, -0.15) is 0 Å². The summed E-state index contributed by atoms with van der Waals surface area (Å²) in [5.41, 5.74) is 0. The fourth-order valence-electron chi connectivity index (χ4n) is 9.70. The van der Waals surface area contributed by atoms with Crippen LogP contribution in [0.3, 0.4) is 0 Å². The molecule has 12 unspecified atom stereocenters. The highest BCUT2D eigenvalue weighted by molar-refractivity contribution is 5.76. The van der Waals surface area contributed by atoms with E-state index in [1.807, 2.05) is 6.08 Å². The van der Waals surface area contributed by atoms with Crippen molar-refractivity contribution >= 4 is 5.91 Å². The largest absolute Gasteiger partial charge is 0.394 e. The van der Waals surface area contributed by atoms with Gasteiger partial charge in [-0.3, -0.25) is 4.79 Å². The molecule has 2 fully saturated rings. The number of carbonyl (C=O) groups excluding carboxylic acids is 1. The molecule has 2 heterocycles. The monoisotopic (exact) mass is 1170 g/mol. The summed E-state index contributed by atoms with van der Waals surface area (Å²) in [6.45, 7) is 2.59. The Morgan fingerprint density at radius 1 is 0.446 bits per heavy atom. The molecule has 0 aromatic carbocycles. The lowest BCUT2D eigenvalue weighted by Crippen LogP contribution is -2.65. The third kappa shape index (κ3) is 37.5. The number of rotatable bonds is 50. The summed E-state index contributed by atoms with van der Waals surface area (Å²) in [4.78, 5) is 13.3. The Hall–Kier alpha value is -3.61. The number of aliphatic hydroxyl groups excluding tert-OH is 8. The number of hydrogen-bond donors (Lipinski definition) is 9. The molecule has 0 radical (unpaired) electrons. The Bertz CT molecular complexity index is 1850. The molecule has 2 aliphatic heterocycles. The molecule has 9 N–H and O–H groups in total. The fraction of sp³-hybridized carbons (Fsp3) is 0.696. The molecule has 474 valence electrons. The minimum Gasteiger partial charge on any atom is -0.394 e. The van der Waals surface area contributed by atoms with E-state index >= 15 is 0 Å². The van der Waals surface area contributed by atoms with E-state index in [1.54, 1.807) is 6.08 Å². The van der Waals surface area contributed by atoms with Crippen LogP contribution in [0.4, 0.5) is 0 Å². The number of ether oxygens (including phenoxy) is 4. The average Bonchev–Trinajstić information content (AvgIpc) is 3.58. The number of nitrogens with one attached hydrogen (secondary N) is 1. The first kappa shape index (κ1) is 75.5. The Morgan fingerprint density at radius 2 is 0.843 bits per heavy atom. The third-order valence-corrected chi connectivity index (χ3v) is 14.9. The quantitative estimate of drug-likeness (QED) is 0.0204. The normalized spacial score (nSPS) is 24.7. The van der Waals surface area contributed by atoms with Gasteiger partial charge in [0.25, 0.3) is 0 Å². The van der Waals surface area contributed by atoms with Crippen molar-refractivity contribution in [2.75, 3.05) is 19.8 Å². The minimum absolute atomic E-state index is 0.260. The Balaban J connectivity index is 1.61. The summed E-state index contributed by atoms with van der Waals surface area (Å²) in [5, 5.41) is 87.0. The maximum Gasteiger partial charge on any atom is 0.220 e. The van der Waals surface area contributed by atoms with Gasteiger partial charge in [0.05, 0.1) is 32.0 Å². The van der Waals surface area contributed by atoms with Gasteiger partial charge in [0, 0.05) is 6.42 Å². The second kappa shape index (κ2) is 52.7. The van der Waals surface area contributed by atoms with Gasteiger partial charge in [0.1, 0.15) is 48.8 Å². The minimum atomic E-state index is -1.80. The molecule has 2 saturated heterocycles. The fourth-order valence-corrected chi connectivity index (χ4v) is 9.70. The van der Waals surface area contributed by atoms with Crippen molar-refractivity contribution in [3.8, 4) is 0 Å². The first-order valence-corrected chi connectivity index (χ1v) is 32.3. The van der Waals surface area contributed by atoms with E-state index in [0.29, 0.717) is 12.8 Å². The summed E-state index contributed by atoms with van der Waals surface area (Å²) in [6.07, 6.45) is 59.8. The topological polar surface area (TPSA) is 228 Å². The third-order valence-electron chi connectivity index (χ3n) is 14.9. The zero-order chi connectivity index (χ0) is 60.2. The SMILES string of the molecule is CC/C=C\C/C=C\C/C=C\C/C=C\C/C=C\C/C=C\C/C=C\CCCCCCCCCCCCCCCCCC(=O)NC(COC1OC(CO)C(OC2OC(CO)C(O)C(O)C2O)C(O)C1O)C(O)/C=C/CC/C=C/CC/C=C/CCCC. The van der Waals surface area contributed by atoms with Gasteiger partial charge in [-0.05, 0) is 96.3 Å². The van der Waals surface area contributed by atoms with E-state index < -0.39 is 86.8 Å². The highest BCUT2D eigenvalue weighted by Gasteiger charge is 2.51. The van der Waals surface area contributed by atoms with Crippen LogP contribution in [0.25, 0.3) is 0 Å². The van der Waals surface area contributed by atoms with E-state index in [4.69, 9.17) is 18.9 Å². The smallest absolute Gasteiger partial charge is 0.220 e. The Morgan fingerprint density at radius 3 is 1.33 bits per heavy atom. The lowest BCUT2D eigenvalue weighted by atomic mass is 9.97. The van der Waals surface area contributed by atoms with Crippen LogP contribution >= 0.6 is 0 Å². The molecule has 0 bridgehead atoms. The molecule has 1 amide bonds. The van der Waals surface area contributed by atoms with Crippen LogP contribution in [0.5, 0.6) is 0 Å². The van der Waals surface area contributed by atoms with Gasteiger partial charge in [0.15, 0.2) is 12.6 Å². The molecule has 14 heteroatoms. The lowest BCUT2D eigenvalue weighted by Gasteiger charge is -2.46. The van der Waals surface area contributed by atoms with Gasteiger partial charge in [0.2, 0.25) is 5.91 Å². The molecule has 0 aromatic heterocycles. The van der Waals surface area contributed by atoms with E-state index in [2.05, 4.69) is 129 Å². The number of allylic oxidation sites excluding steroid dienone is 19. The second-order valence-corrected chi connectivity index (χ2v) is 22.1. The predicted octanol–water partition coefficient (Wildman–Crippen LogP) is 12.2. The molecule has 14 nitrogen and oxygen atoms in total. The second-order valence-electron chi connectivity index (χ2n) is 22.1. The number of carbonyl (C=O) groups is 1. The molecule has 0 saturated carbocycles. The number of aliphatic hydroxyl groups is 8. The van der Waals surface area contributed by atoms with Crippen LogP contribution in [-0.2, 0) is 23.7 Å². The van der Waals surface area contributed by atoms with Crippen LogP contribution in [-0.4, -0.2) is 140 Å². The van der Waals surface area contributed by atoms with Crippen LogP contribution in [0, 0.1) is 0 Å². The predicted molar refractivity (Wildman–Crippen MR) is 336 cm³/mol. The van der Waals surface area contributed by atoms with Gasteiger partial charge in [-0.15, -0.1) is 0 Å². The van der Waals surface area contributed by atoms with Crippen LogP contribution in [0.1, 0.15) is 213 Å². The Labute approximate surface area is 501 Å². The standard InChI is InChI=1S/C69H115NO13/c1-3-5-7-9-11-13-15-17-18-19-20-21-22-23-24-25-26-27-28-29-30-31-32-33-34-35-36-37-38-39-40-41-43-45-47-49-51-53-61(74)70-57(58(73)52-50-48-46-44-42-16-14-12-10-8-6-4-2)56-80-68-66(79)64(77)67(60(55-72)82-68)83-69-65(78)63(76)62(75)59(54-71)81-69/h5,7,10-13,17-18,20-21,23-24,26-27,29-30,42,44,50,52,57-60,62-69,71-73,75-79H,3-4,6,8-9,14-16,19,22,25,28,31-41,43,45-49,51,53-56H2,1-2H3,(H,70,74)/b7-5-,12-10+,13-11-,18-17-,21-20-,24-23-,27-26-,30-29-,44-42+,52-50+. The van der Waals surface area contributed by atoms with Gasteiger partial charge >= 0.3 is 0 Å². The Kier molecular flexibility index (Phi) is 47.9. The number of hydrogen-bond acceptors (Lipinski definition) is 13. The van der Waals surface area contributed by atoms with E-state index in [9.17, 15) is 45.6 Å². The summed E-state index contributed by atoms with van der Waals surface area (Å²) in [6, 6.07) is -0.943. The van der Waals surface area contributed by atoms with Crippen molar-refractivity contribution in [2.24, 2.45) is 0 Å². The maximum atomic E-state index is 13.3. The zero-order valence-corrected chi connectivity index (χ0v) is 51.1. The van der Waals surface area contributed by atoms with Crippen molar-refractivity contribution in [2.45, 2.75) is 286 Å². The molecule has 0 aromatic rings. The lowest BCUT2D eigenvalue weighted by molar-refractivity contribution is -0.359. The summed E-state index contributed by atoms with van der Waals surface area (Å²) in [5.74, 6) is -0.260.